The van der Waals surface area contributed by atoms with Crippen molar-refractivity contribution in [3.63, 3.8) is 0 Å². The average molecular weight is 423 g/mol. The molecule has 0 amide bonds. The minimum atomic E-state index is -0.495. The number of benzene rings is 1. The molecule has 5 rings (SSSR count). The zero-order valence-electron chi connectivity index (χ0n) is 16.5. The molecule has 8 heteroatoms. The number of hydrogen-bond acceptors (Lipinski definition) is 7. The standard InChI is InChI=1S/C22H22N4O3S/c23-18-17-15-8-1-2-9-16(15)21(25-10-3-4-11-25)24-22(17)30-20(18)19(27)13-6-5-7-14(12-13)26(28)29/h5-7,12H,1-4,8-11,23H2. The quantitative estimate of drug-likeness (QED) is 0.377. The number of nitrogens with zero attached hydrogens (tertiary/aromatic N) is 3. The predicted octanol–water partition coefficient (Wildman–Crippen LogP) is 4.50. The molecule has 7 nitrogen and oxygen atoms in total. The number of nitrogen functional groups attached to an aromatic ring is 1. The maximum absolute atomic E-state index is 13.2. The number of thiophene rings is 1. The van der Waals surface area contributed by atoms with Crippen molar-refractivity contribution < 1.29 is 9.72 Å². The van der Waals surface area contributed by atoms with Gasteiger partial charge in [-0.2, -0.15) is 0 Å². The Bertz CT molecular complexity index is 1180. The topological polar surface area (TPSA) is 102 Å². The summed E-state index contributed by atoms with van der Waals surface area (Å²) in [5.41, 5.74) is 9.66. The van der Waals surface area contributed by atoms with Crippen LogP contribution in [0.4, 0.5) is 17.2 Å². The molecule has 30 heavy (non-hydrogen) atoms. The van der Waals surface area contributed by atoms with Crippen LogP contribution in [0.1, 0.15) is 52.0 Å². The molecule has 1 aromatic carbocycles. The van der Waals surface area contributed by atoms with Gasteiger partial charge >= 0.3 is 0 Å². The summed E-state index contributed by atoms with van der Waals surface area (Å²) >= 11 is 1.30. The molecule has 2 aliphatic rings. The molecule has 1 aliphatic carbocycles. The van der Waals surface area contributed by atoms with Gasteiger partial charge in [0, 0.05) is 36.2 Å². The molecule has 2 N–H and O–H groups in total. The van der Waals surface area contributed by atoms with Gasteiger partial charge in [-0.25, -0.2) is 4.98 Å². The fourth-order valence-corrected chi connectivity index (χ4v) is 5.73. The van der Waals surface area contributed by atoms with Gasteiger partial charge in [0.15, 0.2) is 0 Å². The molecule has 154 valence electrons. The van der Waals surface area contributed by atoms with Crippen LogP contribution < -0.4 is 10.6 Å². The Kier molecular flexibility index (Phi) is 4.66. The summed E-state index contributed by atoms with van der Waals surface area (Å²) in [6, 6.07) is 5.81. The van der Waals surface area contributed by atoms with E-state index >= 15 is 0 Å². The lowest BCUT2D eigenvalue weighted by molar-refractivity contribution is -0.384. The summed E-state index contributed by atoms with van der Waals surface area (Å²) in [6.07, 6.45) is 6.54. The number of hydrogen-bond donors (Lipinski definition) is 1. The zero-order chi connectivity index (χ0) is 20.8. The summed E-state index contributed by atoms with van der Waals surface area (Å²) < 4.78 is 0. The number of carbonyl (C=O) groups excluding carboxylic acids is 1. The van der Waals surface area contributed by atoms with Crippen LogP contribution in [0, 0.1) is 10.1 Å². The van der Waals surface area contributed by atoms with E-state index in [0.717, 1.165) is 54.8 Å². The Balaban J connectivity index is 1.66. The highest BCUT2D eigenvalue weighted by atomic mass is 32.1. The highest BCUT2D eigenvalue weighted by molar-refractivity contribution is 7.21. The van der Waals surface area contributed by atoms with E-state index in [1.54, 1.807) is 6.07 Å². The second-order valence-electron chi connectivity index (χ2n) is 7.96. The number of anilines is 2. The van der Waals surface area contributed by atoms with E-state index < -0.39 is 4.92 Å². The Morgan fingerprint density at radius 3 is 2.60 bits per heavy atom. The molecule has 0 unspecified atom stereocenters. The van der Waals surface area contributed by atoms with Crippen LogP contribution in [0.3, 0.4) is 0 Å². The highest BCUT2D eigenvalue weighted by Gasteiger charge is 2.28. The van der Waals surface area contributed by atoms with E-state index in [0.29, 0.717) is 10.6 Å². The van der Waals surface area contributed by atoms with Gasteiger partial charge in [-0.05, 0) is 49.7 Å². The number of aryl methyl sites for hydroxylation is 1. The lowest BCUT2D eigenvalue weighted by Crippen LogP contribution is -2.22. The summed E-state index contributed by atoms with van der Waals surface area (Å²) in [5, 5.41) is 12.0. The summed E-state index contributed by atoms with van der Waals surface area (Å²) in [5.74, 6) is 0.775. The molecular weight excluding hydrogens is 400 g/mol. The Morgan fingerprint density at radius 2 is 1.87 bits per heavy atom. The van der Waals surface area contributed by atoms with Crippen LogP contribution in [0.2, 0.25) is 0 Å². The molecule has 0 saturated carbocycles. The second-order valence-corrected chi connectivity index (χ2v) is 8.95. The van der Waals surface area contributed by atoms with Crippen molar-refractivity contribution in [2.45, 2.75) is 38.5 Å². The maximum Gasteiger partial charge on any atom is 0.270 e. The van der Waals surface area contributed by atoms with Crippen LogP contribution in [-0.2, 0) is 12.8 Å². The van der Waals surface area contributed by atoms with Gasteiger partial charge < -0.3 is 10.6 Å². The molecule has 0 spiro atoms. The van der Waals surface area contributed by atoms with Crippen molar-refractivity contribution >= 4 is 44.5 Å². The van der Waals surface area contributed by atoms with Crippen molar-refractivity contribution in [1.82, 2.24) is 4.98 Å². The number of nitro benzene ring substituents is 1. The first-order valence-corrected chi connectivity index (χ1v) is 11.1. The molecule has 1 aliphatic heterocycles. The number of aromatic nitrogens is 1. The first-order valence-electron chi connectivity index (χ1n) is 10.3. The molecule has 3 heterocycles. The normalized spacial score (nSPS) is 16.1. The Morgan fingerprint density at radius 1 is 1.13 bits per heavy atom. The number of nitrogens with two attached hydrogens (primary N) is 1. The first-order chi connectivity index (χ1) is 14.5. The van der Waals surface area contributed by atoms with E-state index in [1.165, 1.54) is 53.5 Å². The largest absolute Gasteiger partial charge is 0.397 e. The molecule has 0 atom stereocenters. The van der Waals surface area contributed by atoms with E-state index in [-0.39, 0.29) is 17.0 Å². The van der Waals surface area contributed by atoms with E-state index in [9.17, 15) is 14.9 Å². The molecule has 1 saturated heterocycles. The SMILES string of the molecule is Nc1c(C(=O)c2cccc([N+](=O)[O-])c2)sc2nc(N3CCCC3)c3c(c12)CCCC3. The monoisotopic (exact) mass is 422 g/mol. The predicted molar refractivity (Wildman–Crippen MR) is 119 cm³/mol. The molecule has 1 fully saturated rings. The third kappa shape index (κ3) is 3.02. The van der Waals surface area contributed by atoms with E-state index in [2.05, 4.69) is 4.90 Å². The molecule has 0 radical (unpaired) electrons. The van der Waals surface area contributed by atoms with Crippen molar-refractivity contribution in [3.05, 3.63) is 55.9 Å². The number of nitro groups is 1. The fraction of sp³-hybridized carbons (Fsp3) is 0.364. The maximum atomic E-state index is 13.2. The van der Waals surface area contributed by atoms with Gasteiger partial charge in [0.2, 0.25) is 5.78 Å². The fourth-order valence-electron chi connectivity index (χ4n) is 4.64. The summed E-state index contributed by atoms with van der Waals surface area (Å²) in [6.45, 7) is 2.04. The van der Waals surface area contributed by atoms with E-state index in [4.69, 9.17) is 10.7 Å². The van der Waals surface area contributed by atoms with Gasteiger partial charge in [-0.1, -0.05) is 12.1 Å². The lowest BCUT2D eigenvalue weighted by Gasteiger charge is -2.25. The van der Waals surface area contributed by atoms with Gasteiger partial charge in [0.05, 0.1) is 10.6 Å². The highest BCUT2D eigenvalue weighted by Crippen LogP contribution is 2.43. The van der Waals surface area contributed by atoms with Crippen LogP contribution in [-0.4, -0.2) is 28.8 Å². The molecule has 2 aromatic heterocycles. The summed E-state index contributed by atoms with van der Waals surface area (Å²) in [4.78, 5) is 32.4. The van der Waals surface area contributed by atoms with Crippen molar-refractivity contribution in [2.75, 3.05) is 23.7 Å². The number of non-ortho nitro benzene ring substituents is 1. The van der Waals surface area contributed by atoms with Crippen LogP contribution in [0.5, 0.6) is 0 Å². The van der Waals surface area contributed by atoms with E-state index in [1.807, 2.05) is 0 Å². The zero-order valence-corrected chi connectivity index (χ0v) is 17.3. The third-order valence-corrected chi connectivity index (χ3v) is 7.20. The second kappa shape index (κ2) is 7.36. The van der Waals surface area contributed by atoms with Gasteiger partial charge in [-0.15, -0.1) is 11.3 Å². The summed E-state index contributed by atoms with van der Waals surface area (Å²) in [7, 11) is 0. The van der Waals surface area contributed by atoms with Gasteiger partial charge in [0.1, 0.15) is 15.5 Å². The van der Waals surface area contributed by atoms with Crippen molar-refractivity contribution in [3.8, 4) is 0 Å². The number of fused-ring (bicyclic) bond motifs is 3. The number of pyridine rings is 1. The molecular formula is C22H22N4O3S. The number of ketones is 1. The number of carbonyl (C=O) groups is 1. The Hall–Kier alpha value is -3.00. The number of rotatable bonds is 4. The minimum absolute atomic E-state index is 0.104. The van der Waals surface area contributed by atoms with Crippen LogP contribution in [0.25, 0.3) is 10.2 Å². The first kappa shape index (κ1) is 19.0. The molecule has 3 aromatic rings. The van der Waals surface area contributed by atoms with Crippen LogP contribution >= 0.6 is 11.3 Å². The van der Waals surface area contributed by atoms with Gasteiger partial charge in [-0.3, -0.25) is 14.9 Å². The Labute approximate surface area is 177 Å². The third-order valence-electron chi connectivity index (χ3n) is 6.10. The van der Waals surface area contributed by atoms with Crippen molar-refractivity contribution in [1.29, 1.82) is 0 Å². The minimum Gasteiger partial charge on any atom is -0.397 e. The van der Waals surface area contributed by atoms with Crippen LogP contribution in [0.15, 0.2) is 24.3 Å². The van der Waals surface area contributed by atoms with Gasteiger partial charge in [0.25, 0.3) is 5.69 Å². The average Bonchev–Trinajstić information content (AvgIpc) is 3.41. The smallest absolute Gasteiger partial charge is 0.270 e. The molecule has 0 bridgehead atoms. The van der Waals surface area contributed by atoms with Crippen molar-refractivity contribution in [2.24, 2.45) is 0 Å². The lowest BCUT2D eigenvalue weighted by atomic mass is 9.89.